The summed E-state index contributed by atoms with van der Waals surface area (Å²) in [6.07, 6.45) is -0.119. The van der Waals surface area contributed by atoms with Crippen molar-refractivity contribution < 1.29 is 24.1 Å². The van der Waals surface area contributed by atoms with Crippen molar-refractivity contribution >= 4 is 0 Å². The molecule has 1 aromatic rings. The molecule has 0 aliphatic carbocycles. The van der Waals surface area contributed by atoms with Gasteiger partial charge in [-0.15, -0.1) is 0 Å². The Morgan fingerprint density at radius 2 is 1.71 bits per heavy atom. The predicted molar refractivity (Wildman–Crippen MR) is 80.7 cm³/mol. The Hall–Kier alpha value is -1.14. The van der Waals surface area contributed by atoms with Crippen LogP contribution in [0.1, 0.15) is 25.0 Å². The highest BCUT2D eigenvalue weighted by molar-refractivity contribution is 5.28. The van der Waals surface area contributed by atoms with Crippen molar-refractivity contribution in [3.63, 3.8) is 0 Å². The molecule has 2 atom stereocenters. The van der Waals surface area contributed by atoms with Crippen molar-refractivity contribution in [1.82, 2.24) is 0 Å². The van der Waals surface area contributed by atoms with Gasteiger partial charge in [-0.2, -0.15) is 0 Å². The zero-order valence-corrected chi connectivity index (χ0v) is 13.1. The molecule has 0 bridgehead atoms. The minimum absolute atomic E-state index is 0.266. The lowest BCUT2D eigenvalue weighted by molar-refractivity contribution is -0.0356. The normalized spacial score (nSPS) is 13.9. The van der Waals surface area contributed by atoms with E-state index in [1.165, 1.54) is 0 Å². The summed E-state index contributed by atoms with van der Waals surface area (Å²) in [6, 6.07) is 7.35. The van der Waals surface area contributed by atoms with Gasteiger partial charge in [0.25, 0.3) is 0 Å². The molecular formula is C16H26O5. The second-order valence-electron chi connectivity index (χ2n) is 4.75. The fourth-order valence-corrected chi connectivity index (χ4v) is 1.84. The van der Waals surface area contributed by atoms with E-state index in [-0.39, 0.29) is 6.10 Å². The van der Waals surface area contributed by atoms with Crippen LogP contribution in [0.15, 0.2) is 24.3 Å². The Morgan fingerprint density at radius 3 is 2.33 bits per heavy atom. The quantitative estimate of drug-likeness (QED) is 0.635. The molecule has 0 spiro atoms. The Morgan fingerprint density at radius 1 is 1.00 bits per heavy atom. The van der Waals surface area contributed by atoms with E-state index in [1.54, 1.807) is 14.2 Å². The van der Waals surface area contributed by atoms with Crippen molar-refractivity contribution in [3.05, 3.63) is 29.8 Å². The molecule has 1 rings (SSSR count). The number of hydrogen-bond donors (Lipinski definition) is 1. The molecule has 5 heteroatoms. The molecule has 0 aliphatic rings. The Bertz CT molecular complexity index is 365. The zero-order valence-electron chi connectivity index (χ0n) is 13.1. The molecule has 0 aliphatic heterocycles. The summed E-state index contributed by atoms with van der Waals surface area (Å²) in [7, 11) is 3.26. The highest BCUT2D eigenvalue weighted by Gasteiger charge is 2.16. The van der Waals surface area contributed by atoms with E-state index in [4.69, 9.17) is 18.9 Å². The lowest BCUT2D eigenvalue weighted by atomic mass is 10.1. The average Bonchev–Trinajstić information content (AvgIpc) is 2.53. The van der Waals surface area contributed by atoms with Gasteiger partial charge < -0.3 is 24.1 Å². The lowest BCUT2D eigenvalue weighted by Crippen LogP contribution is -2.20. The Labute approximate surface area is 126 Å². The highest BCUT2D eigenvalue weighted by Crippen LogP contribution is 2.21. The summed E-state index contributed by atoms with van der Waals surface area (Å²) in [5, 5.41) is 10.2. The van der Waals surface area contributed by atoms with Crippen LogP contribution in [0.5, 0.6) is 5.75 Å². The molecular weight excluding hydrogens is 272 g/mol. The molecule has 1 aromatic carbocycles. The van der Waals surface area contributed by atoms with Crippen LogP contribution in [0.4, 0.5) is 0 Å². The SMILES string of the molecule is COCCOCCCOC(C)C(O)c1ccc(OC)cc1. The summed E-state index contributed by atoms with van der Waals surface area (Å²) >= 11 is 0. The third kappa shape index (κ3) is 6.91. The highest BCUT2D eigenvalue weighted by atomic mass is 16.5. The number of methoxy groups -OCH3 is 2. The van der Waals surface area contributed by atoms with E-state index in [1.807, 2.05) is 31.2 Å². The van der Waals surface area contributed by atoms with Gasteiger partial charge in [-0.1, -0.05) is 12.1 Å². The first kappa shape index (κ1) is 17.9. The lowest BCUT2D eigenvalue weighted by Gasteiger charge is -2.20. The maximum absolute atomic E-state index is 10.2. The van der Waals surface area contributed by atoms with Crippen LogP contribution in [-0.2, 0) is 14.2 Å². The van der Waals surface area contributed by atoms with Crippen LogP contribution in [-0.4, -0.2) is 51.9 Å². The van der Waals surface area contributed by atoms with Gasteiger partial charge in [0, 0.05) is 20.3 Å². The monoisotopic (exact) mass is 298 g/mol. The topological polar surface area (TPSA) is 57.2 Å². The van der Waals surface area contributed by atoms with Gasteiger partial charge in [0.15, 0.2) is 0 Å². The van der Waals surface area contributed by atoms with Gasteiger partial charge in [-0.05, 0) is 31.0 Å². The molecule has 0 fully saturated rings. The first-order valence-corrected chi connectivity index (χ1v) is 7.19. The third-order valence-corrected chi connectivity index (χ3v) is 3.15. The van der Waals surface area contributed by atoms with Crippen LogP contribution < -0.4 is 4.74 Å². The van der Waals surface area contributed by atoms with Gasteiger partial charge >= 0.3 is 0 Å². The summed E-state index contributed by atoms with van der Waals surface area (Å²) in [6.45, 7) is 4.25. The van der Waals surface area contributed by atoms with E-state index >= 15 is 0 Å². The van der Waals surface area contributed by atoms with E-state index < -0.39 is 6.10 Å². The second-order valence-corrected chi connectivity index (χ2v) is 4.75. The second kappa shape index (κ2) is 10.6. The summed E-state index contributed by atoms with van der Waals surface area (Å²) in [5.41, 5.74) is 0.819. The van der Waals surface area contributed by atoms with Crippen LogP contribution in [0.3, 0.4) is 0 Å². The first-order chi connectivity index (χ1) is 10.2. The van der Waals surface area contributed by atoms with Gasteiger partial charge in [0.1, 0.15) is 11.9 Å². The smallest absolute Gasteiger partial charge is 0.118 e. The number of ether oxygens (including phenoxy) is 4. The van der Waals surface area contributed by atoms with Crippen molar-refractivity contribution in [3.8, 4) is 5.75 Å². The minimum Gasteiger partial charge on any atom is -0.497 e. The fourth-order valence-electron chi connectivity index (χ4n) is 1.84. The van der Waals surface area contributed by atoms with Crippen molar-refractivity contribution in [1.29, 1.82) is 0 Å². The molecule has 5 nitrogen and oxygen atoms in total. The Kier molecular flexibility index (Phi) is 9.01. The van der Waals surface area contributed by atoms with E-state index in [9.17, 15) is 5.11 Å². The number of hydrogen-bond acceptors (Lipinski definition) is 5. The number of aliphatic hydroxyl groups is 1. The molecule has 1 N–H and O–H groups in total. The zero-order chi connectivity index (χ0) is 15.5. The van der Waals surface area contributed by atoms with E-state index in [0.717, 1.165) is 17.7 Å². The predicted octanol–water partition coefficient (Wildman–Crippen LogP) is 2.19. The maximum atomic E-state index is 10.2. The molecule has 0 saturated heterocycles. The van der Waals surface area contributed by atoms with Crippen LogP contribution in [0.25, 0.3) is 0 Å². The minimum atomic E-state index is -0.648. The van der Waals surface area contributed by atoms with E-state index in [2.05, 4.69) is 0 Å². The first-order valence-electron chi connectivity index (χ1n) is 7.19. The van der Waals surface area contributed by atoms with Gasteiger partial charge in [-0.3, -0.25) is 0 Å². The van der Waals surface area contributed by atoms with Crippen molar-refractivity contribution in [2.45, 2.75) is 25.6 Å². The third-order valence-electron chi connectivity index (χ3n) is 3.15. The molecule has 0 heterocycles. The molecule has 2 unspecified atom stereocenters. The summed E-state index contributed by atoms with van der Waals surface area (Å²) in [4.78, 5) is 0. The molecule has 0 saturated carbocycles. The number of benzene rings is 1. The van der Waals surface area contributed by atoms with Gasteiger partial charge in [0.2, 0.25) is 0 Å². The summed E-state index contributed by atoms with van der Waals surface area (Å²) in [5.74, 6) is 0.771. The molecule has 120 valence electrons. The largest absolute Gasteiger partial charge is 0.497 e. The number of rotatable bonds is 11. The van der Waals surface area contributed by atoms with Crippen LogP contribution >= 0.6 is 0 Å². The van der Waals surface area contributed by atoms with Gasteiger partial charge in [-0.25, -0.2) is 0 Å². The molecule has 0 radical (unpaired) electrons. The Balaban J connectivity index is 2.22. The van der Waals surface area contributed by atoms with Crippen LogP contribution in [0.2, 0.25) is 0 Å². The molecule has 0 aromatic heterocycles. The van der Waals surface area contributed by atoms with Crippen molar-refractivity contribution in [2.75, 3.05) is 40.6 Å². The molecule has 0 amide bonds. The fraction of sp³-hybridized carbons (Fsp3) is 0.625. The van der Waals surface area contributed by atoms with Crippen molar-refractivity contribution in [2.24, 2.45) is 0 Å². The standard InChI is InChI=1S/C16H26O5/c1-13(21-10-4-9-20-12-11-18-2)16(17)14-5-7-15(19-3)8-6-14/h5-8,13,16-17H,4,9-12H2,1-3H3. The van der Waals surface area contributed by atoms with Gasteiger partial charge in [0.05, 0.1) is 26.4 Å². The summed E-state index contributed by atoms with van der Waals surface area (Å²) < 4.78 is 21.0. The molecule has 21 heavy (non-hydrogen) atoms. The van der Waals surface area contributed by atoms with E-state index in [0.29, 0.717) is 26.4 Å². The maximum Gasteiger partial charge on any atom is 0.118 e. The van der Waals surface area contributed by atoms with Crippen LogP contribution in [0, 0.1) is 0 Å². The average molecular weight is 298 g/mol. The number of aliphatic hydroxyl groups excluding tert-OH is 1.